The topological polar surface area (TPSA) is 81.2 Å². The van der Waals surface area contributed by atoms with Gasteiger partial charge in [-0.15, -0.1) is 11.3 Å². The number of aromatic amines is 1. The summed E-state index contributed by atoms with van der Waals surface area (Å²) in [5, 5.41) is 14.4. The standard InChI is InChI=1S/C26H30N4O2S/c1-16-9-21(31)10-17(2)23(16)14-20(30(3)4)15-27-26-28-19(13-25(32)29-26)12-22-11-18-7-5-6-8-24(18)33-22/h5-11,13,20,31H,12,14-15H2,1-4H3,(H2,27,28,29,32)/t20-/m1/s1. The van der Waals surface area contributed by atoms with E-state index in [0.29, 0.717) is 24.7 Å². The second-order valence-corrected chi connectivity index (χ2v) is 9.94. The predicted octanol–water partition coefficient (Wildman–Crippen LogP) is 4.48. The van der Waals surface area contributed by atoms with Gasteiger partial charge in [-0.25, -0.2) is 4.98 Å². The van der Waals surface area contributed by atoms with Crippen LogP contribution in [0, 0.1) is 13.8 Å². The Morgan fingerprint density at radius 1 is 1.12 bits per heavy atom. The third kappa shape index (κ3) is 5.61. The van der Waals surface area contributed by atoms with Crippen LogP contribution in [-0.4, -0.2) is 46.7 Å². The molecule has 1 atom stereocenters. The van der Waals surface area contributed by atoms with E-state index in [-0.39, 0.29) is 11.6 Å². The summed E-state index contributed by atoms with van der Waals surface area (Å²) in [6, 6.07) is 15.8. The number of aromatic nitrogens is 2. The Morgan fingerprint density at radius 2 is 1.85 bits per heavy atom. The second kappa shape index (κ2) is 9.77. The Kier molecular flexibility index (Phi) is 6.81. The lowest BCUT2D eigenvalue weighted by Gasteiger charge is -2.26. The van der Waals surface area contributed by atoms with Gasteiger partial charge in [-0.3, -0.25) is 9.78 Å². The molecule has 7 heteroatoms. The normalized spacial score (nSPS) is 12.4. The van der Waals surface area contributed by atoms with Gasteiger partial charge in [0.05, 0.1) is 5.69 Å². The third-order valence-electron chi connectivity index (χ3n) is 5.98. The molecule has 0 unspecified atom stereocenters. The fraction of sp³-hybridized carbons (Fsp3) is 0.308. The van der Waals surface area contributed by atoms with Gasteiger partial charge in [-0.2, -0.15) is 0 Å². The van der Waals surface area contributed by atoms with Gasteiger partial charge in [-0.05, 0) is 80.7 Å². The Balaban J connectivity index is 1.48. The highest BCUT2D eigenvalue weighted by Gasteiger charge is 2.16. The lowest BCUT2D eigenvalue weighted by Crippen LogP contribution is -2.37. The maximum absolute atomic E-state index is 12.3. The van der Waals surface area contributed by atoms with E-state index in [1.165, 1.54) is 20.5 Å². The minimum atomic E-state index is -0.157. The Hall–Kier alpha value is -3.16. The number of anilines is 1. The number of aryl methyl sites for hydroxylation is 2. The molecule has 0 saturated heterocycles. The number of hydrogen-bond acceptors (Lipinski definition) is 6. The number of nitrogens with one attached hydrogen (secondary N) is 2. The molecule has 0 fully saturated rings. The summed E-state index contributed by atoms with van der Waals surface area (Å²) in [6.45, 7) is 4.68. The zero-order valence-electron chi connectivity index (χ0n) is 19.5. The molecule has 4 rings (SSSR count). The van der Waals surface area contributed by atoms with Gasteiger partial charge in [0.15, 0.2) is 0 Å². The Labute approximate surface area is 197 Å². The quantitative estimate of drug-likeness (QED) is 0.360. The molecule has 0 amide bonds. The van der Waals surface area contributed by atoms with E-state index in [4.69, 9.17) is 0 Å². The first kappa shape index (κ1) is 23.0. The molecule has 0 radical (unpaired) electrons. The lowest BCUT2D eigenvalue weighted by atomic mass is 9.95. The van der Waals surface area contributed by atoms with Crippen LogP contribution >= 0.6 is 11.3 Å². The number of phenolic OH excluding ortho intramolecular Hbond substituents is 1. The zero-order chi connectivity index (χ0) is 23.5. The highest BCUT2D eigenvalue weighted by atomic mass is 32.1. The number of aromatic hydroxyl groups is 1. The SMILES string of the molecule is Cc1cc(O)cc(C)c1C[C@H](CNc1nc(Cc2cc3ccccc3s2)cc(=O)[nH]1)N(C)C. The highest BCUT2D eigenvalue weighted by molar-refractivity contribution is 7.19. The van der Waals surface area contributed by atoms with Gasteiger partial charge in [-0.1, -0.05) is 18.2 Å². The van der Waals surface area contributed by atoms with Crippen LogP contribution in [0.3, 0.4) is 0 Å². The van der Waals surface area contributed by atoms with Gasteiger partial charge in [0.2, 0.25) is 5.95 Å². The van der Waals surface area contributed by atoms with Crippen molar-refractivity contribution in [1.82, 2.24) is 14.9 Å². The van der Waals surface area contributed by atoms with Crippen molar-refractivity contribution in [3.63, 3.8) is 0 Å². The number of likely N-dealkylation sites (N-methyl/N-ethyl adjacent to an activating group) is 1. The van der Waals surface area contributed by atoms with Crippen LogP contribution < -0.4 is 10.9 Å². The van der Waals surface area contributed by atoms with Crippen molar-refractivity contribution in [2.45, 2.75) is 32.7 Å². The van der Waals surface area contributed by atoms with Crippen molar-refractivity contribution in [3.8, 4) is 5.75 Å². The van der Waals surface area contributed by atoms with Crippen molar-refractivity contribution in [2.75, 3.05) is 26.0 Å². The van der Waals surface area contributed by atoms with Crippen molar-refractivity contribution in [3.05, 3.63) is 86.1 Å². The van der Waals surface area contributed by atoms with Gasteiger partial charge in [0.1, 0.15) is 5.75 Å². The molecule has 0 aliphatic carbocycles. The number of phenols is 1. The highest BCUT2D eigenvalue weighted by Crippen LogP contribution is 2.27. The summed E-state index contributed by atoms with van der Waals surface area (Å²) in [5.74, 6) is 0.787. The number of benzene rings is 2. The maximum atomic E-state index is 12.3. The van der Waals surface area contributed by atoms with E-state index in [1.54, 1.807) is 29.5 Å². The van der Waals surface area contributed by atoms with E-state index in [9.17, 15) is 9.90 Å². The molecule has 0 saturated carbocycles. The minimum Gasteiger partial charge on any atom is -0.508 e. The third-order valence-corrected chi connectivity index (χ3v) is 7.10. The van der Waals surface area contributed by atoms with Gasteiger partial charge >= 0.3 is 0 Å². The molecule has 2 aromatic carbocycles. The molecule has 0 bridgehead atoms. The van der Waals surface area contributed by atoms with Gasteiger partial charge < -0.3 is 15.3 Å². The molecule has 0 aliphatic heterocycles. The fourth-order valence-electron chi connectivity index (χ4n) is 4.16. The van der Waals surface area contributed by atoms with Crippen molar-refractivity contribution in [1.29, 1.82) is 0 Å². The molecular weight excluding hydrogens is 432 g/mol. The number of thiophene rings is 1. The first-order valence-corrected chi connectivity index (χ1v) is 11.9. The van der Waals surface area contributed by atoms with E-state index >= 15 is 0 Å². The summed E-state index contributed by atoms with van der Waals surface area (Å²) >= 11 is 1.73. The largest absolute Gasteiger partial charge is 0.508 e. The van der Waals surface area contributed by atoms with Crippen LogP contribution in [-0.2, 0) is 12.8 Å². The molecule has 2 aromatic heterocycles. The Bertz CT molecular complexity index is 1270. The minimum absolute atomic E-state index is 0.157. The van der Waals surface area contributed by atoms with Crippen LogP contribution in [0.4, 0.5) is 5.95 Å². The van der Waals surface area contributed by atoms with Crippen LogP contribution in [0.2, 0.25) is 0 Å². The zero-order valence-corrected chi connectivity index (χ0v) is 20.3. The maximum Gasteiger partial charge on any atom is 0.252 e. The van der Waals surface area contributed by atoms with Crippen molar-refractivity contribution < 1.29 is 5.11 Å². The summed E-state index contributed by atoms with van der Waals surface area (Å²) in [7, 11) is 4.09. The molecule has 0 aliphatic rings. The van der Waals surface area contributed by atoms with Crippen LogP contribution in [0.15, 0.2) is 53.3 Å². The van der Waals surface area contributed by atoms with E-state index in [0.717, 1.165) is 23.2 Å². The molecular formula is C26H30N4O2S. The second-order valence-electron chi connectivity index (χ2n) is 8.77. The first-order valence-electron chi connectivity index (χ1n) is 11.1. The average molecular weight is 463 g/mol. The summed E-state index contributed by atoms with van der Waals surface area (Å²) in [5.41, 5.74) is 3.98. The monoisotopic (exact) mass is 462 g/mol. The fourth-order valence-corrected chi connectivity index (χ4v) is 5.24. The smallest absolute Gasteiger partial charge is 0.252 e. The van der Waals surface area contributed by atoms with Crippen molar-refractivity contribution >= 4 is 27.4 Å². The molecule has 6 nitrogen and oxygen atoms in total. The van der Waals surface area contributed by atoms with Crippen LogP contribution in [0.1, 0.15) is 27.3 Å². The van der Waals surface area contributed by atoms with Gasteiger partial charge in [0.25, 0.3) is 5.56 Å². The Morgan fingerprint density at radius 3 is 2.55 bits per heavy atom. The van der Waals surface area contributed by atoms with Crippen LogP contribution in [0.5, 0.6) is 5.75 Å². The van der Waals surface area contributed by atoms with Gasteiger partial charge in [0, 0.05) is 34.7 Å². The molecule has 2 heterocycles. The molecule has 3 N–H and O–H groups in total. The number of rotatable bonds is 8. The van der Waals surface area contributed by atoms with Crippen molar-refractivity contribution in [2.24, 2.45) is 0 Å². The lowest BCUT2D eigenvalue weighted by molar-refractivity contribution is 0.302. The number of nitrogens with zero attached hydrogens (tertiary/aromatic N) is 2. The molecule has 4 aromatic rings. The first-order chi connectivity index (χ1) is 15.8. The molecule has 33 heavy (non-hydrogen) atoms. The van der Waals surface area contributed by atoms with E-state index < -0.39 is 0 Å². The number of fused-ring (bicyclic) bond motifs is 1. The van der Waals surface area contributed by atoms with Crippen LogP contribution in [0.25, 0.3) is 10.1 Å². The number of hydrogen-bond donors (Lipinski definition) is 3. The van der Waals surface area contributed by atoms with E-state index in [1.807, 2.05) is 40.1 Å². The summed E-state index contributed by atoms with van der Waals surface area (Å²) in [4.78, 5) is 23.1. The average Bonchev–Trinajstić information content (AvgIpc) is 3.14. The molecule has 0 spiro atoms. The molecule has 172 valence electrons. The summed E-state index contributed by atoms with van der Waals surface area (Å²) in [6.07, 6.45) is 1.45. The predicted molar refractivity (Wildman–Crippen MR) is 137 cm³/mol. The number of H-pyrrole nitrogens is 1. The summed E-state index contributed by atoms with van der Waals surface area (Å²) < 4.78 is 1.24. The van der Waals surface area contributed by atoms with E-state index in [2.05, 4.69) is 38.4 Å².